The van der Waals surface area contributed by atoms with E-state index >= 15 is 0 Å². The van der Waals surface area contributed by atoms with E-state index in [4.69, 9.17) is 0 Å². The lowest BCUT2D eigenvalue weighted by Crippen LogP contribution is -2.05. The molecule has 0 fully saturated rings. The first-order chi connectivity index (χ1) is 12.0. The topological polar surface area (TPSA) is 25.2 Å². The molecule has 3 aromatic rings. The van der Waals surface area contributed by atoms with Gasteiger partial charge in [-0.25, -0.2) is 0 Å². The van der Waals surface area contributed by atoms with Crippen molar-refractivity contribution in [2.45, 2.75) is 12.6 Å². The lowest BCUT2D eigenvalue weighted by molar-refractivity contribution is -0.137. The van der Waals surface area contributed by atoms with Crippen molar-refractivity contribution in [2.75, 3.05) is 0 Å². The predicted molar refractivity (Wildman–Crippen MR) is 91.0 cm³/mol. The van der Waals surface area contributed by atoms with Crippen LogP contribution < -0.4 is 0 Å². The van der Waals surface area contributed by atoms with E-state index in [0.717, 1.165) is 40.1 Å². The Labute approximate surface area is 142 Å². The molecular formula is C20H13F3N2. The number of aromatic nitrogens is 1. The van der Waals surface area contributed by atoms with Gasteiger partial charge in [-0.15, -0.1) is 0 Å². The third-order valence-corrected chi connectivity index (χ3v) is 4.24. The van der Waals surface area contributed by atoms with Crippen molar-refractivity contribution < 1.29 is 13.2 Å². The molecule has 0 amide bonds. The maximum absolute atomic E-state index is 12.9. The number of fused-ring (bicyclic) bond motifs is 1. The van der Waals surface area contributed by atoms with Crippen LogP contribution in [0.25, 0.3) is 11.1 Å². The fourth-order valence-corrected chi connectivity index (χ4v) is 3.01. The van der Waals surface area contributed by atoms with Gasteiger partial charge in [0.1, 0.15) is 0 Å². The summed E-state index contributed by atoms with van der Waals surface area (Å²) in [5.74, 6) is 0. The van der Waals surface area contributed by atoms with Gasteiger partial charge in [0.15, 0.2) is 0 Å². The van der Waals surface area contributed by atoms with E-state index in [9.17, 15) is 13.2 Å². The molecule has 0 radical (unpaired) electrons. The van der Waals surface area contributed by atoms with Gasteiger partial charge in [0.25, 0.3) is 0 Å². The Morgan fingerprint density at radius 1 is 0.880 bits per heavy atom. The average Bonchev–Trinajstić information content (AvgIpc) is 3.05. The molecule has 2 nitrogen and oxygen atoms in total. The summed E-state index contributed by atoms with van der Waals surface area (Å²) in [6.45, 7) is 0. The molecule has 5 heteroatoms. The van der Waals surface area contributed by atoms with Crippen LogP contribution in [0.5, 0.6) is 0 Å². The second-order valence-corrected chi connectivity index (χ2v) is 5.86. The van der Waals surface area contributed by atoms with Crippen molar-refractivity contribution in [1.82, 2.24) is 4.98 Å². The van der Waals surface area contributed by atoms with Crippen molar-refractivity contribution in [3.63, 3.8) is 0 Å². The Morgan fingerprint density at radius 3 is 2.44 bits per heavy atom. The van der Waals surface area contributed by atoms with Crippen molar-refractivity contribution in [1.29, 1.82) is 0 Å². The number of alkyl halides is 3. The maximum Gasteiger partial charge on any atom is 0.416 e. The number of hydrogen-bond donors (Lipinski definition) is 0. The molecule has 0 unspecified atom stereocenters. The standard InChI is InChI=1S/C20H13F3N2/c21-20(22,23)15-7-6-14-10-19(25-18(14)11-15)16-8-9-24-12-17(16)13-4-2-1-3-5-13/h1-9,11-12H,10H2. The van der Waals surface area contributed by atoms with E-state index in [-0.39, 0.29) is 0 Å². The molecule has 1 aliphatic heterocycles. The lowest BCUT2D eigenvalue weighted by atomic mass is 9.96. The van der Waals surface area contributed by atoms with E-state index < -0.39 is 11.7 Å². The molecule has 0 saturated heterocycles. The largest absolute Gasteiger partial charge is 0.416 e. The van der Waals surface area contributed by atoms with Crippen LogP contribution in [0, 0.1) is 0 Å². The minimum Gasteiger partial charge on any atom is -0.264 e. The number of halogens is 3. The van der Waals surface area contributed by atoms with Crippen LogP contribution in [0.2, 0.25) is 0 Å². The Morgan fingerprint density at radius 2 is 1.68 bits per heavy atom. The van der Waals surface area contributed by atoms with E-state index in [2.05, 4.69) is 9.98 Å². The van der Waals surface area contributed by atoms with Crippen LogP contribution in [0.1, 0.15) is 16.7 Å². The Balaban J connectivity index is 1.77. The summed E-state index contributed by atoms with van der Waals surface area (Å²) in [6, 6.07) is 15.4. The number of nitrogens with zero attached hydrogens (tertiary/aromatic N) is 2. The Bertz CT molecular complexity index is 960. The highest BCUT2D eigenvalue weighted by molar-refractivity contribution is 6.10. The molecule has 0 atom stereocenters. The van der Waals surface area contributed by atoms with Crippen LogP contribution in [0.4, 0.5) is 18.9 Å². The Kier molecular flexibility index (Phi) is 3.64. The lowest BCUT2D eigenvalue weighted by Gasteiger charge is -2.08. The third kappa shape index (κ3) is 2.93. The van der Waals surface area contributed by atoms with Crippen LogP contribution in [-0.2, 0) is 12.6 Å². The summed E-state index contributed by atoms with van der Waals surface area (Å²) < 4.78 is 38.7. The van der Waals surface area contributed by atoms with Crippen molar-refractivity contribution in [2.24, 2.45) is 4.99 Å². The summed E-state index contributed by atoms with van der Waals surface area (Å²) in [5.41, 5.74) is 4.10. The van der Waals surface area contributed by atoms with Crippen LogP contribution in [0.15, 0.2) is 72.0 Å². The van der Waals surface area contributed by atoms with E-state index in [1.54, 1.807) is 12.4 Å². The van der Waals surface area contributed by atoms with E-state index in [0.29, 0.717) is 12.1 Å². The number of rotatable bonds is 2. The summed E-state index contributed by atoms with van der Waals surface area (Å²) in [4.78, 5) is 8.66. The Hall–Kier alpha value is -2.95. The summed E-state index contributed by atoms with van der Waals surface area (Å²) in [7, 11) is 0. The maximum atomic E-state index is 12.9. The molecule has 1 aromatic heterocycles. The molecule has 0 aliphatic carbocycles. The zero-order valence-corrected chi connectivity index (χ0v) is 13.1. The number of hydrogen-bond acceptors (Lipinski definition) is 2. The van der Waals surface area contributed by atoms with Crippen LogP contribution in [-0.4, -0.2) is 10.7 Å². The van der Waals surface area contributed by atoms with Gasteiger partial charge in [0, 0.05) is 29.9 Å². The molecule has 2 aromatic carbocycles. The van der Waals surface area contributed by atoms with Gasteiger partial charge >= 0.3 is 6.18 Å². The quantitative estimate of drug-likeness (QED) is 0.610. The van der Waals surface area contributed by atoms with Crippen molar-refractivity contribution in [3.05, 3.63) is 83.7 Å². The van der Waals surface area contributed by atoms with Gasteiger partial charge in [-0.3, -0.25) is 9.98 Å². The molecular weight excluding hydrogens is 325 g/mol. The second-order valence-electron chi connectivity index (χ2n) is 5.86. The van der Waals surface area contributed by atoms with E-state index in [1.165, 1.54) is 6.07 Å². The molecule has 1 aliphatic rings. The molecule has 0 N–H and O–H groups in total. The molecule has 4 rings (SSSR count). The van der Waals surface area contributed by atoms with Crippen LogP contribution >= 0.6 is 0 Å². The number of aliphatic imine (C=N–C) groups is 1. The first-order valence-corrected chi connectivity index (χ1v) is 7.80. The first-order valence-electron chi connectivity index (χ1n) is 7.80. The monoisotopic (exact) mass is 338 g/mol. The average molecular weight is 338 g/mol. The van der Waals surface area contributed by atoms with Gasteiger partial charge in [-0.2, -0.15) is 13.2 Å². The first kappa shape index (κ1) is 15.6. The van der Waals surface area contributed by atoms with Gasteiger partial charge in [0.2, 0.25) is 0 Å². The molecule has 0 bridgehead atoms. The second kappa shape index (κ2) is 5.84. The molecule has 124 valence electrons. The zero-order valence-electron chi connectivity index (χ0n) is 13.1. The van der Waals surface area contributed by atoms with Gasteiger partial charge in [-0.05, 0) is 29.3 Å². The van der Waals surface area contributed by atoms with Gasteiger partial charge < -0.3 is 0 Å². The number of pyridine rings is 1. The van der Waals surface area contributed by atoms with Crippen molar-refractivity contribution >= 4 is 11.4 Å². The smallest absolute Gasteiger partial charge is 0.264 e. The normalized spacial score (nSPS) is 13.5. The third-order valence-electron chi connectivity index (χ3n) is 4.24. The highest BCUT2D eigenvalue weighted by Crippen LogP contribution is 2.37. The van der Waals surface area contributed by atoms with Gasteiger partial charge in [-0.1, -0.05) is 36.4 Å². The molecule has 2 heterocycles. The predicted octanol–water partition coefficient (Wildman–Crippen LogP) is 5.44. The summed E-state index contributed by atoms with van der Waals surface area (Å²) >= 11 is 0. The highest BCUT2D eigenvalue weighted by atomic mass is 19.4. The number of benzene rings is 2. The fraction of sp³-hybridized carbons (Fsp3) is 0.100. The zero-order chi connectivity index (χ0) is 17.4. The minimum absolute atomic E-state index is 0.389. The molecule has 0 saturated carbocycles. The van der Waals surface area contributed by atoms with Gasteiger partial charge in [0.05, 0.1) is 17.0 Å². The summed E-state index contributed by atoms with van der Waals surface area (Å²) in [6.07, 6.45) is -0.414. The molecule has 0 spiro atoms. The minimum atomic E-state index is -4.36. The summed E-state index contributed by atoms with van der Waals surface area (Å²) in [5, 5.41) is 0. The fourth-order valence-electron chi connectivity index (χ4n) is 3.01. The SMILES string of the molecule is FC(F)(F)c1ccc2c(c1)N=C(c1ccncc1-c1ccccc1)C2. The highest BCUT2D eigenvalue weighted by Gasteiger charge is 2.32. The van der Waals surface area contributed by atoms with Crippen molar-refractivity contribution in [3.8, 4) is 11.1 Å². The molecule has 25 heavy (non-hydrogen) atoms. The van der Waals surface area contributed by atoms with E-state index in [1.807, 2.05) is 36.4 Å². The van der Waals surface area contributed by atoms with Crippen LogP contribution in [0.3, 0.4) is 0 Å².